The highest BCUT2D eigenvalue weighted by molar-refractivity contribution is 5.82. The molecule has 2 heterocycles. The van der Waals surface area contributed by atoms with Crippen LogP contribution >= 0.6 is 0 Å². The Bertz CT molecular complexity index is 592. The van der Waals surface area contributed by atoms with Gasteiger partial charge in [0.1, 0.15) is 6.61 Å². The van der Waals surface area contributed by atoms with Crippen LogP contribution < -0.4 is 9.47 Å². The third kappa shape index (κ3) is 3.08. The monoisotopic (exact) mass is 331 g/mol. The maximum Gasteiger partial charge on any atom is 0.411 e. The summed E-state index contributed by atoms with van der Waals surface area (Å²) in [5.74, 6) is 0.0817. The number of alkyl halides is 3. The number of carbonyl (C=O) groups excluding carboxylic acids is 1. The highest BCUT2D eigenvalue weighted by Gasteiger charge is 2.52. The second kappa shape index (κ2) is 5.92. The minimum absolute atomic E-state index is 0.0592. The molecule has 1 fully saturated rings. The van der Waals surface area contributed by atoms with Crippen molar-refractivity contribution in [3.8, 4) is 11.5 Å². The molecule has 8 heteroatoms. The van der Waals surface area contributed by atoms with Crippen molar-refractivity contribution in [3.63, 3.8) is 0 Å². The van der Waals surface area contributed by atoms with Crippen LogP contribution in [0.15, 0.2) is 24.3 Å². The van der Waals surface area contributed by atoms with Crippen molar-refractivity contribution in [2.24, 2.45) is 0 Å². The van der Waals surface area contributed by atoms with E-state index in [4.69, 9.17) is 14.2 Å². The van der Waals surface area contributed by atoms with Crippen LogP contribution in [0.25, 0.3) is 0 Å². The first-order chi connectivity index (χ1) is 10.9. The van der Waals surface area contributed by atoms with E-state index >= 15 is 0 Å². The lowest BCUT2D eigenvalue weighted by atomic mass is 10.1. The van der Waals surface area contributed by atoms with E-state index in [0.29, 0.717) is 11.5 Å². The first kappa shape index (κ1) is 15.9. The molecular formula is C15H16F3NO4. The van der Waals surface area contributed by atoms with Gasteiger partial charge in [-0.3, -0.25) is 4.79 Å². The molecule has 0 spiro atoms. The molecular weight excluding hydrogens is 315 g/mol. The van der Waals surface area contributed by atoms with Crippen molar-refractivity contribution >= 4 is 5.91 Å². The average Bonchev–Trinajstić information content (AvgIpc) is 2.52. The van der Waals surface area contributed by atoms with Gasteiger partial charge in [-0.05, 0) is 19.1 Å². The van der Waals surface area contributed by atoms with Crippen molar-refractivity contribution < 1.29 is 32.2 Å². The van der Waals surface area contributed by atoms with Crippen molar-refractivity contribution in [1.29, 1.82) is 0 Å². The zero-order valence-corrected chi connectivity index (χ0v) is 12.4. The summed E-state index contributed by atoms with van der Waals surface area (Å²) in [5, 5.41) is 0. The molecule has 0 N–H and O–H groups in total. The third-order valence-electron chi connectivity index (χ3n) is 3.90. The molecule has 0 radical (unpaired) electrons. The van der Waals surface area contributed by atoms with Gasteiger partial charge >= 0.3 is 6.18 Å². The van der Waals surface area contributed by atoms with Crippen LogP contribution in [0.5, 0.6) is 11.5 Å². The summed E-state index contributed by atoms with van der Waals surface area (Å²) in [4.78, 5) is 13.3. The van der Waals surface area contributed by atoms with Gasteiger partial charge in [-0.2, -0.15) is 13.2 Å². The molecule has 0 bridgehead atoms. The summed E-state index contributed by atoms with van der Waals surface area (Å²) in [7, 11) is 0. The zero-order valence-electron chi connectivity index (χ0n) is 12.4. The quantitative estimate of drug-likeness (QED) is 0.790. The Kier molecular flexibility index (Phi) is 4.09. The number of amides is 1. The molecule has 0 aromatic heterocycles. The van der Waals surface area contributed by atoms with Crippen LogP contribution in [-0.2, 0) is 9.53 Å². The van der Waals surface area contributed by atoms with E-state index in [0.717, 1.165) is 4.90 Å². The number of carbonyl (C=O) groups is 1. The summed E-state index contributed by atoms with van der Waals surface area (Å²) in [5.41, 5.74) is 0. The third-order valence-corrected chi connectivity index (χ3v) is 3.90. The summed E-state index contributed by atoms with van der Waals surface area (Å²) < 4.78 is 55.8. The molecule has 1 aromatic carbocycles. The fourth-order valence-electron chi connectivity index (χ4n) is 2.84. The molecule has 1 aromatic rings. The maximum absolute atomic E-state index is 13.3. The van der Waals surface area contributed by atoms with Gasteiger partial charge in [0, 0.05) is 6.54 Å². The van der Waals surface area contributed by atoms with Gasteiger partial charge in [0.25, 0.3) is 5.91 Å². The molecule has 126 valence electrons. The topological polar surface area (TPSA) is 48.0 Å². The van der Waals surface area contributed by atoms with Gasteiger partial charge in [-0.15, -0.1) is 0 Å². The lowest BCUT2D eigenvalue weighted by Gasteiger charge is -2.42. The lowest BCUT2D eigenvalue weighted by Crippen LogP contribution is -2.62. The molecule has 0 saturated carbocycles. The fourth-order valence-corrected chi connectivity index (χ4v) is 2.84. The Balaban J connectivity index is 1.79. The number of nitrogens with zero attached hydrogens (tertiary/aromatic N) is 1. The van der Waals surface area contributed by atoms with E-state index in [1.54, 1.807) is 24.3 Å². The molecule has 1 saturated heterocycles. The van der Waals surface area contributed by atoms with Crippen LogP contribution in [0.4, 0.5) is 13.2 Å². The summed E-state index contributed by atoms with van der Waals surface area (Å²) in [6, 6.07) is 4.74. The van der Waals surface area contributed by atoms with Crippen LogP contribution in [0.3, 0.4) is 0 Å². The lowest BCUT2D eigenvalue weighted by molar-refractivity contribution is -0.232. The molecule has 2 aliphatic rings. The van der Waals surface area contributed by atoms with Crippen LogP contribution in [0.2, 0.25) is 0 Å². The SMILES string of the molecule is C[C@@H]1OCCN(C(=O)C2COc3ccccc3O2)[C@@H]1C(F)(F)F. The number of benzene rings is 1. The molecule has 2 aliphatic heterocycles. The van der Waals surface area contributed by atoms with Gasteiger partial charge in [0.15, 0.2) is 17.5 Å². The second-order valence-corrected chi connectivity index (χ2v) is 5.46. The summed E-state index contributed by atoms with van der Waals surface area (Å²) in [6.45, 7) is 1.12. The highest BCUT2D eigenvalue weighted by Crippen LogP contribution is 2.34. The molecule has 3 rings (SSSR count). The highest BCUT2D eigenvalue weighted by atomic mass is 19.4. The average molecular weight is 331 g/mol. The predicted molar refractivity (Wildman–Crippen MR) is 73.3 cm³/mol. The van der Waals surface area contributed by atoms with Gasteiger partial charge < -0.3 is 19.1 Å². The van der Waals surface area contributed by atoms with Gasteiger partial charge in [0.05, 0.1) is 12.7 Å². The Morgan fingerprint density at radius 3 is 2.65 bits per heavy atom. The smallest absolute Gasteiger partial charge is 0.411 e. The van der Waals surface area contributed by atoms with Gasteiger partial charge in [-0.1, -0.05) is 12.1 Å². The molecule has 1 amide bonds. The Hall–Kier alpha value is -1.96. The van der Waals surface area contributed by atoms with E-state index in [-0.39, 0.29) is 19.8 Å². The summed E-state index contributed by atoms with van der Waals surface area (Å²) in [6.07, 6.45) is -6.78. The van der Waals surface area contributed by atoms with Crippen LogP contribution in [0.1, 0.15) is 6.92 Å². The van der Waals surface area contributed by atoms with E-state index in [1.807, 2.05) is 0 Å². The van der Waals surface area contributed by atoms with Gasteiger partial charge in [-0.25, -0.2) is 0 Å². The minimum Gasteiger partial charge on any atom is -0.485 e. The van der Waals surface area contributed by atoms with Crippen molar-refractivity contribution in [2.75, 3.05) is 19.8 Å². The Morgan fingerprint density at radius 1 is 1.26 bits per heavy atom. The first-order valence-electron chi connectivity index (χ1n) is 7.25. The molecule has 3 atom stereocenters. The standard InChI is InChI=1S/C15H16F3NO4/c1-9-13(15(16,17)18)19(6-7-21-9)14(20)12-8-22-10-4-2-3-5-11(10)23-12/h2-5,9,12-13H,6-8H2,1H3/t9-,12?,13-/m0/s1. The summed E-state index contributed by atoms with van der Waals surface area (Å²) >= 11 is 0. The number of hydrogen-bond donors (Lipinski definition) is 0. The number of morpholine rings is 1. The number of rotatable bonds is 1. The Labute approximate surface area is 130 Å². The van der Waals surface area contributed by atoms with Crippen molar-refractivity contribution in [2.45, 2.75) is 31.3 Å². The minimum atomic E-state index is -4.57. The first-order valence-corrected chi connectivity index (χ1v) is 7.25. The number of fused-ring (bicyclic) bond motifs is 1. The molecule has 0 aliphatic carbocycles. The normalized spacial score (nSPS) is 27.7. The van der Waals surface area contributed by atoms with Crippen molar-refractivity contribution in [3.05, 3.63) is 24.3 Å². The number of para-hydroxylation sites is 2. The largest absolute Gasteiger partial charge is 0.485 e. The number of ether oxygens (including phenoxy) is 3. The van der Waals surface area contributed by atoms with E-state index in [9.17, 15) is 18.0 Å². The van der Waals surface area contributed by atoms with E-state index in [1.165, 1.54) is 6.92 Å². The number of hydrogen-bond acceptors (Lipinski definition) is 4. The fraction of sp³-hybridized carbons (Fsp3) is 0.533. The maximum atomic E-state index is 13.3. The zero-order chi connectivity index (χ0) is 16.6. The van der Waals surface area contributed by atoms with Crippen molar-refractivity contribution in [1.82, 2.24) is 4.90 Å². The molecule has 5 nitrogen and oxygen atoms in total. The Morgan fingerprint density at radius 2 is 1.96 bits per heavy atom. The van der Waals surface area contributed by atoms with E-state index < -0.39 is 30.3 Å². The van der Waals surface area contributed by atoms with Crippen LogP contribution in [0, 0.1) is 0 Å². The molecule has 23 heavy (non-hydrogen) atoms. The molecule has 1 unspecified atom stereocenters. The van der Waals surface area contributed by atoms with Gasteiger partial charge in [0.2, 0.25) is 6.10 Å². The number of halogens is 3. The predicted octanol–water partition coefficient (Wildman–Crippen LogP) is 2.00. The van der Waals surface area contributed by atoms with E-state index in [2.05, 4.69) is 0 Å². The van der Waals surface area contributed by atoms with Crippen LogP contribution in [-0.4, -0.2) is 55.0 Å². The second-order valence-electron chi connectivity index (χ2n) is 5.46.